The highest BCUT2D eigenvalue weighted by atomic mass is 16.5. The summed E-state index contributed by atoms with van der Waals surface area (Å²) in [6, 6.07) is 8.20. The van der Waals surface area contributed by atoms with E-state index in [1.54, 1.807) is 12.4 Å². The van der Waals surface area contributed by atoms with Gasteiger partial charge in [-0.05, 0) is 24.5 Å². The molecule has 0 fully saturated rings. The van der Waals surface area contributed by atoms with Crippen molar-refractivity contribution in [2.24, 2.45) is 0 Å². The van der Waals surface area contributed by atoms with Crippen LogP contribution in [0.1, 0.15) is 12.0 Å². The molecule has 0 unspecified atom stereocenters. The Labute approximate surface area is 121 Å². The van der Waals surface area contributed by atoms with Crippen molar-refractivity contribution < 1.29 is 4.74 Å². The first-order valence-corrected chi connectivity index (χ1v) is 7.03. The van der Waals surface area contributed by atoms with Crippen LogP contribution >= 0.6 is 0 Å². The highest BCUT2D eigenvalue weighted by molar-refractivity contribution is 5.45. The molecule has 4 rings (SSSR count). The van der Waals surface area contributed by atoms with E-state index in [2.05, 4.69) is 32.4 Å². The Kier molecular flexibility index (Phi) is 2.92. The first-order chi connectivity index (χ1) is 10.4. The fourth-order valence-electron chi connectivity index (χ4n) is 2.62. The molecule has 6 heteroatoms. The molecule has 0 spiro atoms. The summed E-state index contributed by atoms with van der Waals surface area (Å²) < 4.78 is 7.84. The van der Waals surface area contributed by atoms with E-state index < -0.39 is 0 Å². The van der Waals surface area contributed by atoms with E-state index >= 15 is 0 Å². The Hall–Kier alpha value is -2.63. The molecule has 1 aliphatic heterocycles. The Morgan fingerprint density at radius 1 is 1.33 bits per heavy atom. The molecule has 0 amide bonds. The Bertz CT molecular complexity index is 734. The van der Waals surface area contributed by atoms with E-state index in [0.29, 0.717) is 6.54 Å². The van der Waals surface area contributed by atoms with Crippen molar-refractivity contribution in [1.29, 1.82) is 0 Å². The van der Waals surface area contributed by atoms with Crippen LogP contribution in [0.5, 0.6) is 5.75 Å². The van der Waals surface area contributed by atoms with Crippen LogP contribution < -0.4 is 4.74 Å². The van der Waals surface area contributed by atoms with Gasteiger partial charge < -0.3 is 9.72 Å². The van der Waals surface area contributed by atoms with E-state index in [9.17, 15) is 0 Å². The highest BCUT2D eigenvalue weighted by Gasteiger charge is 2.20. The molecule has 0 saturated heterocycles. The van der Waals surface area contributed by atoms with Crippen molar-refractivity contribution in [3.8, 4) is 17.3 Å². The number of hydrogen-bond acceptors (Lipinski definition) is 4. The van der Waals surface area contributed by atoms with E-state index in [4.69, 9.17) is 4.74 Å². The van der Waals surface area contributed by atoms with Gasteiger partial charge in [0.25, 0.3) is 0 Å². The summed E-state index contributed by atoms with van der Waals surface area (Å²) in [7, 11) is 0. The summed E-state index contributed by atoms with van der Waals surface area (Å²) in [5.74, 6) is 1.72. The number of aryl methyl sites for hydroxylation is 1. The normalized spacial score (nSPS) is 17.2. The van der Waals surface area contributed by atoms with Crippen LogP contribution in [0.3, 0.4) is 0 Å². The maximum atomic E-state index is 6.02. The predicted octanol–water partition coefficient (Wildman–Crippen LogP) is 2.06. The van der Waals surface area contributed by atoms with Crippen LogP contribution in [0, 0.1) is 0 Å². The number of nitrogens with zero attached hydrogens (tertiary/aromatic N) is 4. The van der Waals surface area contributed by atoms with Crippen molar-refractivity contribution in [2.75, 3.05) is 0 Å². The smallest absolute Gasteiger partial charge is 0.159 e. The molecule has 0 aliphatic carbocycles. The number of hydrogen-bond donors (Lipinski definition) is 1. The molecule has 0 radical (unpaired) electrons. The van der Waals surface area contributed by atoms with Gasteiger partial charge in [0, 0.05) is 12.4 Å². The topological polar surface area (TPSA) is 68.6 Å². The molecule has 3 heterocycles. The average Bonchev–Trinajstić information content (AvgIpc) is 3.18. The summed E-state index contributed by atoms with van der Waals surface area (Å²) >= 11 is 0. The largest absolute Gasteiger partial charge is 0.488 e. The number of ether oxygens (including phenoxy) is 1. The minimum atomic E-state index is 0.131. The summed E-state index contributed by atoms with van der Waals surface area (Å²) in [4.78, 5) is 7.20. The minimum absolute atomic E-state index is 0.131. The van der Waals surface area contributed by atoms with E-state index in [0.717, 1.165) is 30.1 Å². The van der Waals surface area contributed by atoms with Crippen molar-refractivity contribution >= 4 is 0 Å². The van der Waals surface area contributed by atoms with Gasteiger partial charge in [0.05, 0.1) is 12.7 Å². The number of rotatable bonds is 3. The van der Waals surface area contributed by atoms with Crippen LogP contribution in [0.2, 0.25) is 0 Å². The predicted molar refractivity (Wildman–Crippen MR) is 76.8 cm³/mol. The Morgan fingerprint density at radius 2 is 2.29 bits per heavy atom. The molecule has 2 aromatic heterocycles. The van der Waals surface area contributed by atoms with Gasteiger partial charge in [0.15, 0.2) is 5.82 Å². The maximum absolute atomic E-state index is 6.02. The first kappa shape index (κ1) is 12.1. The molecule has 1 N–H and O–H groups in total. The number of H-pyrrole nitrogens is 1. The Morgan fingerprint density at radius 3 is 3.19 bits per heavy atom. The zero-order chi connectivity index (χ0) is 14.1. The van der Waals surface area contributed by atoms with Crippen LogP contribution in [-0.2, 0) is 13.0 Å². The molecule has 6 nitrogen and oxygen atoms in total. The summed E-state index contributed by atoms with van der Waals surface area (Å²) in [5.41, 5.74) is 2.03. The quantitative estimate of drug-likeness (QED) is 0.798. The highest BCUT2D eigenvalue weighted by Crippen LogP contribution is 2.27. The number of benzene rings is 1. The van der Waals surface area contributed by atoms with Crippen molar-refractivity contribution in [1.82, 2.24) is 25.0 Å². The lowest BCUT2D eigenvalue weighted by Crippen LogP contribution is -2.27. The molecule has 21 heavy (non-hydrogen) atoms. The second kappa shape index (κ2) is 5.05. The monoisotopic (exact) mass is 281 g/mol. The number of aromatic nitrogens is 5. The van der Waals surface area contributed by atoms with Gasteiger partial charge in [0.1, 0.15) is 17.5 Å². The van der Waals surface area contributed by atoms with Gasteiger partial charge in [-0.25, -0.2) is 9.67 Å². The third-order valence-electron chi connectivity index (χ3n) is 3.67. The molecular weight excluding hydrogens is 266 g/mol. The number of aromatic amines is 1. The number of imidazole rings is 1. The fraction of sp³-hybridized carbons (Fsp3) is 0.267. The Balaban J connectivity index is 1.48. The lowest BCUT2D eigenvalue weighted by molar-refractivity contribution is 0.149. The van der Waals surface area contributed by atoms with Gasteiger partial charge in [-0.15, -0.1) is 5.10 Å². The number of para-hydroxylation sites is 1. The molecule has 3 aromatic rings. The van der Waals surface area contributed by atoms with E-state index in [1.807, 2.05) is 23.0 Å². The van der Waals surface area contributed by atoms with Crippen molar-refractivity contribution in [2.45, 2.75) is 25.5 Å². The maximum Gasteiger partial charge on any atom is 0.159 e. The molecule has 106 valence electrons. The summed E-state index contributed by atoms with van der Waals surface area (Å²) in [6.07, 6.45) is 7.53. The fourth-order valence-corrected chi connectivity index (χ4v) is 2.62. The second-order valence-electron chi connectivity index (χ2n) is 5.15. The minimum Gasteiger partial charge on any atom is -0.488 e. The van der Waals surface area contributed by atoms with Gasteiger partial charge >= 0.3 is 0 Å². The van der Waals surface area contributed by atoms with Gasteiger partial charge in [-0.3, -0.25) is 0 Å². The molecule has 1 atom stereocenters. The number of nitrogens with one attached hydrogen (secondary N) is 1. The van der Waals surface area contributed by atoms with E-state index in [-0.39, 0.29) is 6.10 Å². The second-order valence-corrected chi connectivity index (χ2v) is 5.15. The third kappa shape index (κ3) is 2.40. The molecular formula is C15H15N5O. The van der Waals surface area contributed by atoms with Crippen LogP contribution in [-0.4, -0.2) is 31.1 Å². The SMILES string of the molecule is c1ccc2c(c1)CC[C@H](Cn1cc(-c3ncc[nH]3)nn1)O2. The molecule has 1 aromatic carbocycles. The van der Waals surface area contributed by atoms with Crippen LogP contribution in [0.15, 0.2) is 42.9 Å². The summed E-state index contributed by atoms with van der Waals surface area (Å²) in [6.45, 7) is 0.696. The average molecular weight is 281 g/mol. The first-order valence-electron chi connectivity index (χ1n) is 7.03. The van der Waals surface area contributed by atoms with Gasteiger partial charge in [0.2, 0.25) is 0 Å². The van der Waals surface area contributed by atoms with Gasteiger partial charge in [-0.2, -0.15) is 0 Å². The summed E-state index contributed by atoms with van der Waals surface area (Å²) in [5, 5.41) is 8.28. The van der Waals surface area contributed by atoms with Crippen molar-refractivity contribution in [3.05, 3.63) is 48.4 Å². The molecule has 0 bridgehead atoms. The molecule has 1 aliphatic rings. The zero-order valence-electron chi connectivity index (χ0n) is 11.4. The van der Waals surface area contributed by atoms with Crippen LogP contribution in [0.25, 0.3) is 11.5 Å². The van der Waals surface area contributed by atoms with Crippen LogP contribution in [0.4, 0.5) is 0 Å². The molecule has 0 saturated carbocycles. The number of fused-ring (bicyclic) bond motifs is 1. The lowest BCUT2D eigenvalue weighted by atomic mass is 10.0. The standard InChI is InChI=1S/C15H15N5O/c1-2-4-14-11(3-1)5-6-12(21-14)9-20-10-13(18-19-20)15-16-7-8-17-15/h1-4,7-8,10,12H,5-6,9H2,(H,16,17)/t12-/m1/s1. The zero-order valence-corrected chi connectivity index (χ0v) is 11.4. The third-order valence-corrected chi connectivity index (χ3v) is 3.67. The van der Waals surface area contributed by atoms with Gasteiger partial charge in [-0.1, -0.05) is 23.4 Å². The van der Waals surface area contributed by atoms with Crippen molar-refractivity contribution in [3.63, 3.8) is 0 Å². The lowest BCUT2D eigenvalue weighted by Gasteiger charge is -2.25. The van der Waals surface area contributed by atoms with E-state index in [1.165, 1.54) is 5.56 Å².